The predicted octanol–water partition coefficient (Wildman–Crippen LogP) is 1.83. The minimum atomic E-state index is -0.0138. The first kappa shape index (κ1) is 12.1. The minimum absolute atomic E-state index is 0.0138. The molecule has 0 saturated carbocycles. The molecule has 0 radical (unpaired) electrons. The van der Waals surface area contributed by atoms with Crippen LogP contribution in [0.3, 0.4) is 0 Å². The molecule has 0 aliphatic heterocycles. The number of nitrogens with one attached hydrogen (secondary N) is 1. The average molecular weight is 248 g/mol. The lowest BCUT2D eigenvalue weighted by Crippen LogP contribution is -2.28. The van der Waals surface area contributed by atoms with Crippen molar-refractivity contribution in [2.45, 2.75) is 6.42 Å². The van der Waals surface area contributed by atoms with Crippen LogP contribution in [0.2, 0.25) is 10.0 Å². The Morgan fingerprint density at radius 3 is 2.80 bits per heavy atom. The molecule has 0 aliphatic rings. The third-order valence-electron chi connectivity index (χ3n) is 1.79. The number of benzene rings is 1. The first-order valence-electron chi connectivity index (χ1n) is 4.27. The Balaban J connectivity index is 2.58. The van der Waals surface area contributed by atoms with Gasteiger partial charge in [0.05, 0.1) is 0 Å². The number of aliphatic imine (C=N–C) groups is 1. The highest BCUT2D eigenvalue weighted by Gasteiger charge is 2.00. The second-order valence-corrected chi connectivity index (χ2v) is 3.71. The highest BCUT2D eigenvalue weighted by molar-refractivity contribution is 6.35. The standard InChI is InChI=1S/C9H11Cl2N3O/c10-7-2-1-6(8(11)5-7)3-4-13-9(12)14-15/h1-2,5,15H,3-4H2,(H3,12,13,14). The Kier molecular flexibility index (Phi) is 4.68. The maximum Gasteiger partial charge on any atom is 0.212 e. The van der Waals surface area contributed by atoms with Gasteiger partial charge < -0.3 is 5.73 Å². The molecular formula is C9H11Cl2N3O. The molecule has 1 rings (SSSR count). The van der Waals surface area contributed by atoms with E-state index in [1.807, 2.05) is 6.07 Å². The summed E-state index contributed by atoms with van der Waals surface area (Å²) >= 11 is 11.7. The summed E-state index contributed by atoms with van der Waals surface area (Å²) in [5.74, 6) is -0.0138. The highest BCUT2D eigenvalue weighted by atomic mass is 35.5. The maximum atomic E-state index is 8.37. The summed E-state index contributed by atoms with van der Waals surface area (Å²) in [6, 6.07) is 5.28. The molecule has 4 N–H and O–H groups in total. The first-order valence-corrected chi connectivity index (χ1v) is 5.03. The van der Waals surface area contributed by atoms with Crippen LogP contribution in [0.5, 0.6) is 0 Å². The van der Waals surface area contributed by atoms with Gasteiger partial charge in [-0.25, -0.2) is 5.48 Å². The zero-order chi connectivity index (χ0) is 11.3. The Morgan fingerprint density at radius 1 is 1.47 bits per heavy atom. The van der Waals surface area contributed by atoms with Crippen molar-refractivity contribution in [2.75, 3.05) is 6.54 Å². The van der Waals surface area contributed by atoms with Gasteiger partial charge >= 0.3 is 0 Å². The second-order valence-electron chi connectivity index (χ2n) is 2.86. The topological polar surface area (TPSA) is 70.6 Å². The molecule has 4 nitrogen and oxygen atoms in total. The van der Waals surface area contributed by atoms with E-state index in [0.29, 0.717) is 23.0 Å². The molecule has 0 bridgehead atoms. The third-order valence-corrected chi connectivity index (χ3v) is 2.38. The van der Waals surface area contributed by atoms with Crippen molar-refractivity contribution in [1.29, 1.82) is 0 Å². The highest BCUT2D eigenvalue weighted by Crippen LogP contribution is 2.21. The van der Waals surface area contributed by atoms with Gasteiger partial charge in [-0.1, -0.05) is 29.3 Å². The average Bonchev–Trinajstić information content (AvgIpc) is 2.21. The van der Waals surface area contributed by atoms with Crippen LogP contribution in [0.4, 0.5) is 0 Å². The van der Waals surface area contributed by atoms with Crippen molar-refractivity contribution >= 4 is 29.2 Å². The van der Waals surface area contributed by atoms with Crippen LogP contribution in [-0.4, -0.2) is 17.7 Å². The molecule has 0 amide bonds. The molecular weight excluding hydrogens is 237 g/mol. The Labute approximate surface area is 97.7 Å². The number of nitrogens with zero attached hydrogens (tertiary/aromatic N) is 1. The summed E-state index contributed by atoms with van der Waals surface area (Å²) in [6.07, 6.45) is 0.637. The van der Waals surface area contributed by atoms with Crippen LogP contribution in [0.1, 0.15) is 5.56 Å². The molecule has 0 aliphatic carbocycles. The first-order chi connectivity index (χ1) is 7.13. The van der Waals surface area contributed by atoms with Gasteiger partial charge in [0.15, 0.2) is 0 Å². The lowest BCUT2D eigenvalue weighted by Gasteiger charge is -2.03. The van der Waals surface area contributed by atoms with E-state index in [1.54, 1.807) is 17.6 Å². The predicted molar refractivity (Wildman–Crippen MR) is 61.6 cm³/mol. The van der Waals surface area contributed by atoms with Gasteiger partial charge in [0.1, 0.15) is 0 Å². The van der Waals surface area contributed by atoms with E-state index < -0.39 is 0 Å². The number of rotatable bonds is 3. The van der Waals surface area contributed by atoms with Crippen LogP contribution < -0.4 is 11.2 Å². The third kappa shape index (κ3) is 3.95. The lowest BCUT2D eigenvalue weighted by atomic mass is 10.1. The minimum Gasteiger partial charge on any atom is -0.368 e. The smallest absolute Gasteiger partial charge is 0.212 e. The summed E-state index contributed by atoms with van der Waals surface area (Å²) in [5, 5.41) is 9.58. The van der Waals surface area contributed by atoms with Crippen LogP contribution in [0.25, 0.3) is 0 Å². The quantitative estimate of drug-likeness (QED) is 0.434. The second kappa shape index (κ2) is 5.80. The lowest BCUT2D eigenvalue weighted by molar-refractivity contribution is 0.232. The molecule has 0 spiro atoms. The molecule has 6 heteroatoms. The SMILES string of the molecule is NC(=NCCc1ccc(Cl)cc1Cl)NO. The largest absolute Gasteiger partial charge is 0.368 e. The fraction of sp³-hybridized carbons (Fsp3) is 0.222. The van der Waals surface area contributed by atoms with E-state index >= 15 is 0 Å². The van der Waals surface area contributed by atoms with E-state index in [1.165, 1.54) is 0 Å². The van der Waals surface area contributed by atoms with Gasteiger partial charge in [0, 0.05) is 16.6 Å². The van der Waals surface area contributed by atoms with Gasteiger partial charge in [0.25, 0.3) is 0 Å². The van der Waals surface area contributed by atoms with E-state index in [9.17, 15) is 0 Å². The number of hydrogen-bond donors (Lipinski definition) is 3. The monoisotopic (exact) mass is 247 g/mol. The Morgan fingerprint density at radius 2 is 2.20 bits per heavy atom. The number of nitrogens with two attached hydrogens (primary N) is 1. The molecule has 0 heterocycles. The molecule has 82 valence electrons. The van der Waals surface area contributed by atoms with Crippen molar-refractivity contribution in [3.63, 3.8) is 0 Å². The molecule has 15 heavy (non-hydrogen) atoms. The fourth-order valence-electron chi connectivity index (χ4n) is 1.06. The zero-order valence-corrected chi connectivity index (χ0v) is 9.39. The van der Waals surface area contributed by atoms with Gasteiger partial charge in [-0.15, -0.1) is 0 Å². The number of hydrogen-bond acceptors (Lipinski definition) is 2. The van der Waals surface area contributed by atoms with Gasteiger partial charge in [0.2, 0.25) is 5.96 Å². The normalized spacial score (nSPS) is 11.5. The molecule has 1 aromatic rings. The van der Waals surface area contributed by atoms with Crippen LogP contribution >= 0.6 is 23.2 Å². The van der Waals surface area contributed by atoms with E-state index in [-0.39, 0.29) is 5.96 Å². The molecule has 1 aromatic carbocycles. The van der Waals surface area contributed by atoms with Crippen molar-refractivity contribution in [1.82, 2.24) is 5.48 Å². The number of hydroxylamine groups is 1. The maximum absolute atomic E-state index is 8.37. The molecule has 0 atom stereocenters. The van der Waals surface area contributed by atoms with Crippen LogP contribution in [0, 0.1) is 0 Å². The summed E-state index contributed by atoms with van der Waals surface area (Å²) in [4.78, 5) is 3.84. The van der Waals surface area contributed by atoms with E-state index in [0.717, 1.165) is 5.56 Å². The van der Waals surface area contributed by atoms with E-state index in [4.69, 9.17) is 34.1 Å². The van der Waals surface area contributed by atoms with Crippen molar-refractivity contribution in [3.05, 3.63) is 33.8 Å². The molecule has 0 saturated heterocycles. The molecule has 0 aromatic heterocycles. The Hall–Kier alpha value is -0.970. The molecule has 0 unspecified atom stereocenters. The summed E-state index contributed by atoms with van der Waals surface area (Å²) in [5.41, 5.74) is 7.92. The fourth-order valence-corrected chi connectivity index (χ4v) is 1.56. The molecule has 0 fully saturated rings. The van der Waals surface area contributed by atoms with Crippen molar-refractivity contribution in [2.24, 2.45) is 10.7 Å². The zero-order valence-electron chi connectivity index (χ0n) is 7.87. The van der Waals surface area contributed by atoms with Crippen molar-refractivity contribution < 1.29 is 5.21 Å². The van der Waals surface area contributed by atoms with Crippen LogP contribution in [0.15, 0.2) is 23.2 Å². The summed E-state index contributed by atoms with van der Waals surface area (Å²) < 4.78 is 0. The van der Waals surface area contributed by atoms with Crippen LogP contribution in [-0.2, 0) is 6.42 Å². The summed E-state index contributed by atoms with van der Waals surface area (Å²) in [7, 11) is 0. The van der Waals surface area contributed by atoms with Gasteiger partial charge in [-0.2, -0.15) is 0 Å². The van der Waals surface area contributed by atoms with Gasteiger partial charge in [-0.05, 0) is 24.1 Å². The number of halogens is 2. The van der Waals surface area contributed by atoms with Gasteiger partial charge in [-0.3, -0.25) is 10.2 Å². The van der Waals surface area contributed by atoms with E-state index in [2.05, 4.69) is 4.99 Å². The number of guanidine groups is 1. The van der Waals surface area contributed by atoms with Crippen molar-refractivity contribution in [3.8, 4) is 0 Å². The summed E-state index contributed by atoms with van der Waals surface area (Å²) in [6.45, 7) is 0.445. The Bertz CT molecular complexity index is 368.